The van der Waals surface area contributed by atoms with Crippen LogP contribution in [0.1, 0.15) is 28.2 Å². The van der Waals surface area contributed by atoms with Gasteiger partial charge in [-0.3, -0.25) is 14.4 Å². The molecule has 2 amide bonds. The van der Waals surface area contributed by atoms with Crippen molar-refractivity contribution in [3.8, 4) is 6.07 Å². The second-order valence-electron chi connectivity index (χ2n) is 7.89. The van der Waals surface area contributed by atoms with Gasteiger partial charge in [0.1, 0.15) is 5.92 Å². The largest absolute Gasteiger partial charge is 0.468 e. The lowest BCUT2D eigenvalue weighted by molar-refractivity contribution is -0.150. The van der Waals surface area contributed by atoms with Gasteiger partial charge in [-0.1, -0.05) is 59.3 Å². The van der Waals surface area contributed by atoms with Crippen molar-refractivity contribution in [2.24, 2.45) is 5.92 Å². The summed E-state index contributed by atoms with van der Waals surface area (Å²) in [5.74, 6) is -3.57. The molecule has 2 aromatic carbocycles. The number of thioether (sulfide) groups is 1. The Morgan fingerprint density at radius 1 is 1.12 bits per heavy atom. The summed E-state index contributed by atoms with van der Waals surface area (Å²) in [6, 6.07) is 15.2. The first-order valence-corrected chi connectivity index (χ1v) is 11.3. The number of anilines is 1. The number of carbonyl (C=O) groups is 3. The summed E-state index contributed by atoms with van der Waals surface area (Å²) in [5.41, 5.74) is 4.62. The van der Waals surface area contributed by atoms with Crippen LogP contribution in [0.2, 0.25) is 0 Å². The van der Waals surface area contributed by atoms with Crippen molar-refractivity contribution in [1.29, 1.82) is 5.26 Å². The van der Waals surface area contributed by atoms with Crippen LogP contribution in [0.4, 0.5) is 5.69 Å². The van der Waals surface area contributed by atoms with Crippen LogP contribution in [0, 0.1) is 38.0 Å². The van der Waals surface area contributed by atoms with Gasteiger partial charge in [-0.25, -0.2) is 0 Å². The van der Waals surface area contributed by atoms with Gasteiger partial charge in [-0.2, -0.15) is 5.26 Å². The molecule has 0 fully saturated rings. The maximum Gasteiger partial charge on any atom is 0.319 e. The number of methoxy groups -OCH3 is 1. The number of nitrogens with zero attached hydrogens (tertiary/aromatic N) is 1. The van der Waals surface area contributed by atoms with Gasteiger partial charge in [-0.15, -0.1) is 0 Å². The molecule has 33 heavy (non-hydrogen) atoms. The molecule has 0 saturated carbocycles. The van der Waals surface area contributed by atoms with Gasteiger partial charge in [0.25, 0.3) is 0 Å². The molecule has 8 heteroatoms. The van der Waals surface area contributed by atoms with E-state index in [9.17, 15) is 19.6 Å². The predicted molar refractivity (Wildman–Crippen MR) is 127 cm³/mol. The molecule has 0 radical (unpaired) electrons. The fraction of sp³-hybridized carbons (Fsp3) is 0.280. The fourth-order valence-corrected chi connectivity index (χ4v) is 4.58. The third-order valence-corrected chi connectivity index (χ3v) is 6.44. The lowest BCUT2D eigenvalue weighted by atomic mass is 9.78. The monoisotopic (exact) mass is 463 g/mol. The molecule has 1 heterocycles. The highest BCUT2D eigenvalue weighted by Gasteiger charge is 2.44. The molecule has 1 aliphatic rings. The molecule has 0 spiro atoms. The van der Waals surface area contributed by atoms with E-state index in [1.54, 1.807) is 12.1 Å². The number of rotatable bonds is 6. The Bertz CT molecular complexity index is 1170. The van der Waals surface area contributed by atoms with Crippen molar-refractivity contribution >= 4 is 35.2 Å². The highest BCUT2D eigenvalue weighted by Crippen LogP contribution is 2.40. The molecule has 0 aromatic heterocycles. The molecule has 0 bridgehead atoms. The second kappa shape index (κ2) is 10.4. The molecule has 1 aliphatic heterocycles. The maximum absolute atomic E-state index is 12.9. The van der Waals surface area contributed by atoms with Crippen LogP contribution in [0.5, 0.6) is 0 Å². The average molecular weight is 464 g/mol. The number of carbonyl (C=O) groups excluding carboxylic acids is 3. The first-order chi connectivity index (χ1) is 15.7. The smallest absolute Gasteiger partial charge is 0.319 e. The Morgan fingerprint density at radius 3 is 2.39 bits per heavy atom. The number of esters is 1. The van der Waals surface area contributed by atoms with E-state index in [4.69, 9.17) is 4.74 Å². The summed E-state index contributed by atoms with van der Waals surface area (Å²) in [5, 5.41) is 15.7. The van der Waals surface area contributed by atoms with Gasteiger partial charge in [0, 0.05) is 11.6 Å². The molecule has 2 aromatic rings. The number of allylic oxidation sites excluding steroid dienone is 1. The molecule has 170 valence electrons. The van der Waals surface area contributed by atoms with Gasteiger partial charge >= 0.3 is 5.97 Å². The first kappa shape index (κ1) is 24.1. The minimum Gasteiger partial charge on any atom is -0.468 e. The quantitative estimate of drug-likeness (QED) is 0.499. The van der Waals surface area contributed by atoms with Gasteiger partial charge in [0.2, 0.25) is 11.8 Å². The van der Waals surface area contributed by atoms with Crippen molar-refractivity contribution in [3.63, 3.8) is 0 Å². The number of hydrogen-bond donors (Lipinski definition) is 2. The summed E-state index contributed by atoms with van der Waals surface area (Å²) in [6.45, 7) is 5.81. The van der Waals surface area contributed by atoms with Crippen molar-refractivity contribution < 1.29 is 19.1 Å². The Kier molecular flexibility index (Phi) is 7.56. The molecular weight excluding hydrogens is 438 g/mol. The summed E-state index contributed by atoms with van der Waals surface area (Å²) in [4.78, 5) is 37.8. The van der Waals surface area contributed by atoms with E-state index in [1.165, 1.54) is 7.11 Å². The number of amides is 2. The summed E-state index contributed by atoms with van der Waals surface area (Å²) in [7, 11) is 1.21. The lowest BCUT2D eigenvalue weighted by Gasteiger charge is -2.31. The minimum absolute atomic E-state index is 0.0163. The van der Waals surface area contributed by atoms with E-state index in [0.717, 1.165) is 28.5 Å². The number of aryl methyl sites for hydroxylation is 3. The molecule has 0 aliphatic carbocycles. The third kappa shape index (κ3) is 5.44. The Balaban J connectivity index is 1.88. The van der Waals surface area contributed by atoms with Crippen LogP contribution < -0.4 is 10.6 Å². The predicted octanol–water partition coefficient (Wildman–Crippen LogP) is 3.72. The Labute approximate surface area is 197 Å². The topological polar surface area (TPSA) is 108 Å². The Morgan fingerprint density at radius 2 is 1.79 bits per heavy atom. The zero-order valence-corrected chi connectivity index (χ0v) is 19.7. The van der Waals surface area contributed by atoms with E-state index >= 15 is 0 Å². The van der Waals surface area contributed by atoms with Crippen LogP contribution in [0.3, 0.4) is 0 Å². The van der Waals surface area contributed by atoms with Crippen LogP contribution in [0.25, 0.3) is 0 Å². The standard InChI is InChI=1S/C25H25N3O4S/c1-14-5-8-17(9-6-14)21-18(12-26)24(28-23(30)22(21)25(31)32-4)33-13-20(29)27-19-10-7-15(2)11-16(19)3/h5-11,21-22H,13H2,1-4H3,(H,27,29)(H,28,30)/t21-,22-/m0/s1. The van der Waals surface area contributed by atoms with Crippen molar-refractivity contribution in [3.05, 3.63) is 75.3 Å². The second-order valence-corrected chi connectivity index (χ2v) is 8.87. The molecule has 2 N–H and O–H groups in total. The van der Waals surface area contributed by atoms with E-state index in [-0.39, 0.29) is 22.3 Å². The highest BCUT2D eigenvalue weighted by atomic mass is 32.2. The van der Waals surface area contributed by atoms with Gasteiger partial charge in [-0.05, 0) is 38.0 Å². The van der Waals surface area contributed by atoms with E-state index < -0.39 is 23.7 Å². The lowest BCUT2D eigenvalue weighted by Crippen LogP contribution is -2.44. The summed E-state index contributed by atoms with van der Waals surface area (Å²) >= 11 is 1.05. The number of ether oxygens (including phenoxy) is 1. The van der Waals surface area contributed by atoms with Crippen LogP contribution >= 0.6 is 11.8 Å². The molecule has 2 atom stereocenters. The fourth-order valence-electron chi connectivity index (χ4n) is 3.73. The highest BCUT2D eigenvalue weighted by molar-refractivity contribution is 8.03. The normalized spacial score (nSPS) is 17.7. The van der Waals surface area contributed by atoms with Crippen LogP contribution in [0.15, 0.2) is 53.1 Å². The van der Waals surface area contributed by atoms with E-state index in [1.807, 2.05) is 51.1 Å². The van der Waals surface area contributed by atoms with Crippen molar-refractivity contribution in [2.75, 3.05) is 18.2 Å². The summed E-state index contributed by atoms with van der Waals surface area (Å²) < 4.78 is 4.85. The third-order valence-electron chi connectivity index (χ3n) is 5.42. The van der Waals surface area contributed by atoms with Gasteiger partial charge < -0.3 is 15.4 Å². The van der Waals surface area contributed by atoms with E-state index in [2.05, 4.69) is 16.7 Å². The van der Waals surface area contributed by atoms with Crippen LogP contribution in [-0.2, 0) is 19.1 Å². The van der Waals surface area contributed by atoms with Crippen molar-refractivity contribution in [1.82, 2.24) is 5.32 Å². The zero-order chi connectivity index (χ0) is 24.1. The van der Waals surface area contributed by atoms with Gasteiger partial charge in [0.15, 0.2) is 0 Å². The SMILES string of the molecule is COC(=O)[C@@H]1C(=O)NC(SCC(=O)Nc2ccc(C)cc2C)=C(C#N)[C@@H]1c1ccc(C)cc1. The average Bonchev–Trinajstić information content (AvgIpc) is 2.79. The Hall–Kier alpha value is -3.57. The number of benzene rings is 2. The number of nitriles is 1. The van der Waals surface area contributed by atoms with Gasteiger partial charge in [0.05, 0.1) is 29.5 Å². The molecule has 3 rings (SSSR count). The maximum atomic E-state index is 12.9. The number of hydrogen-bond acceptors (Lipinski definition) is 6. The molecule has 0 saturated heterocycles. The van der Waals surface area contributed by atoms with Crippen molar-refractivity contribution in [2.45, 2.75) is 26.7 Å². The molecular formula is C25H25N3O4S. The number of nitrogens with one attached hydrogen (secondary N) is 2. The van der Waals surface area contributed by atoms with E-state index in [0.29, 0.717) is 11.3 Å². The molecule has 7 nitrogen and oxygen atoms in total. The molecule has 0 unspecified atom stereocenters. The zero-order valence-electron chi connectivity index (χ0n) is 18.9. The first-order valence-electron chi connectivity index (χ1n) is 10.3. The minimum atomic E-state index is -1.19. The summed E-state index contributed by atoms with van der Waals surface area (Å²) in [6.07, 6.45) is 0. The van der Waals surface area contributed by atoms with Crippen LogP contribution in [-0.4, -0.2) is 30.6 Å².